The Morgan fingerprint density at radius 3 is 2.56 bits per heavy atom. The van der Waals surface area contributed by atoms with Gasteiger partial charge in [-0.3, -0.25) is 9.59 Å². The van der Waals surface area contributed by atoms with E-state index in [9.17, 15) is 22.8 Å². The first-order valence-corrected chi connectivity index (χ1v) is 8.66. The summed E-state index contributed by atoms with van der Waals surface area (Å²) in [5.41, 5.74) is 1.32. The number of fused-ring (bicyclic) bond motifs is 1. The molecule has 0 N–H and O–H groups in total. The predicted octanol–water partition coefficient (Wildman–Crippen LogP) is 2.56. The number of aryl methyl sites for hydroxylation is 1. The van der Waals surface area contributed by atoms with E-state index in [1.807, 2.05) is 0 Å². The molecular formula is C19H20F3N3O2. The van der Waals surface area contributed by atoms with Crippen molar-refractivity contribution in [3.63, 3.8) is 0 Å². The Bertz CT molecular complexity index is 904. The summed E-state index contributed by atoms with van der Waals surface area (Å²) in [7, 11) is 1.59. The van der Waals surface area contributed by atoms with Crippen molar-refractivity contribution in [2.24, 2.45) is 13.0 Å². The molecule has 0 radical (unpaired) electrons. The third kappa shape index (κ3) is 4.20. The SMILES string of the molecule is C[C@H](Cc1ccc(C(F)(F)F)cc1)C(=O)N1CCc2nn(C)c(=O)cc2C1. The second kappa shape index (κ2) is 7.17. The number of nitrogens with zero attached hydrogens (tertiary/aromatic N) is 3. The molecule has 1 aromatic heterocycles. The van der Waals surface area contributed by atoms with Gasteiger partial charge in [0.25, 0.3) is 5.56 Å². The molecule has 0 fully saturated rings. The molecule has 144 valence electrons. The molecule has 5 nitrogen and oxygen atoms in total. The minimum Gasteiger partial charge on any atom is -0.338 e. The summed E-state index contributed by atoms with van der Waals surface area (Å²) in [5, 5.41) is 4.22. The van der Waals surface area contributed by atoms with Gasteiger partial charge < -0.3 is 4.90 Å². The largest absolute Gasteiger partial charge is 0.416 e. The first-order valence-electron chi connectivity index (χ1n) is 8.66. The Kier molecular flexibility index (Phi) is 5.08. The monoisotopic (exact) mass is 379 g/mol. The molecule has 3 rings (SSSR count). The van der Waals surface area contributed by atoms with Crippen LogP contribution >= 0.6 is 0 Å². The minimum atomic E-state index is -4.37. The number of halogens is 3. The minimum absolute atomic E-state index is 0.0822. The first-order chi connectivity index (χ1) is 12.6. The lowest BCUT2D eigenvalue weighted by Crippen LogP contribution is -2.41. The second-order valence-corrected chi connectivity index (χ2v) is 6.89. The lowest BCUT2D eigenvalue weighted by Gasteiger charge is -2.30. The van der Waals surface area contributed by atoms with E-state index in [0.717, 1.165) is 23.4 Å². The van der Waals surface area contributed by atoms with Gasteiger partial charge in [0.2, 0.25) is 5.91 Å². The predicted molar refractivity (Wildman–Crippen MR) is 92.9 cm³/mol. The van der Waals surface area contributed by atoms with E-state index in [4.69, 9.17) is 0 Å². The molecule has 2 aromatic rings. The number of aromatic nitrogens is 2. The molecule has 0 unspecified atom stereocenters. The molecular weight excluding hydrogens is 359 g/mol. The summed E-state index contributed by atoms with van der Waals surface area (Å²) < 4.78 is 39.2. The van der Waals surface area contributed by atoms with Crippen molar-refractivity contribution < 1.29 is 18.0 Å². The van der Waals surface area contributed by atoms with Gasteiger partial charge in [-0.05, 0) is 24.1 Å². The molecule has 1 amide bonds. The lowest BCUT2D eigenvalue weighted by atomic mass is 9.97. The van der Waals surface area contributed by atoms with Crippen molar-refractivity contribution in [1.82, 2.24) is 14.7 Å². The van der Waals surface area contributed by atoms with E-state index in [-0.39, 0.29) is 17.4 Å². The highest BCUT2D eigenvalue weighted by atomic mass is 19.4. The molecule has 0 saturated carbocycles. The Hall–Kier alpha value is -2.64. The number of rotatable bonds is 3. The fourth-order valence-corrected chi connectivity index (χ4v) is 3.26. The Morgan fingerprint density at radius 2 is 1.93 bits per heavy atom. The third-order valence-corrected chi connectivity index (χ3v) is 4.79. The number of benzene rings is 1. The number of amides is 1. The van der Waals surface area contributed by atoms with Crippen LogP contribution in [0.25, 0.3) is 0 Å². The maximum Gasteiger partial charge on any atom is 0.416 e. The lowest BCUT2D eigenvalue weighted by molar-refractivity contribution is -0.138. The highest BCUT2D eigenvalue weighted by Gasteiger charge is 2.30. The van der Waals surface area contributed by atoms with Gasteiger partial charge in [-0.25, -0.2) is 4.68 Å². The van der Waals surface area contributed by atoms with Crippen molar-refractivity contribution >= 4 is 5.91 Å². The maximum atomic E-state index is 12.7. The van der Waals surface area contributed by atoms with Gasteiger partial charge in [-0.1, -0.05) is 19.1 Å². The van der Waals surface area contributed by atoms with Crippen molar-refractivity contribution in [2.75, 3.05) is 6.54 Å². The van der Waals surface area contributed by atoms with Crippen LogP contribution in [0.15, 0.2) is 35.1 Å². The Balaban J connectivity index is 1.67. The molecule has 1 atom stereocenters. The first kappa shape index (κ1) is 19.1. The van der Waals surface area contributed by atoms with E-state index in [2.05, 4.69) is 5.10 Å². The fraction of sp³-hybridized carbons (Fsp3) is 0.421. The quantitative estimate of drug-likeness (QED) is 0.824. The molecule has 1 aliphatic heterocycles. The van der Waals surface area contributed by atoms with E-state index < -0.39 is 11.7 Å². The van der Waals surface area contributed by atoms with Crippen LogP contribution in [0.1, 0.15) is 29.3 Å². The number of carbonyl (C=O) groups is 1. The third-order valence-electron chi connectivity index (χ3n) is 4.79. The maximum absolute atomic E-state index is 12.7. The van der Waals surface area contributed by atoms with Gasteiger partial charge in [0, 0.05) is 44.1 Å². The van der Waals surface area contributed by atoms with Gasteiger partial charge in [0.15, 0.2) is 0 Å². The summed E-state index contributed by atoms with van der Waals surface area (Å²) >= 11 is 0. The van der Waals surface area contributed by atoms with Crippen molar-refractivity contribution in [1.29, 1.82) is 0 Å². The van der Waals surface area contributed by atoms with Crippen molar-refractivity contribution in [3.8, 4) is 0 Å². The van der Waals surface area contributed by atoms with Crippen molar-refractivity contribution in [3.05, 3.63) is 63.1 Å². The average Bonchev–Trinajstić information content (AvgIpc) is 2.61. The number of hydrogen-bond donors (Lipinski definition) is 0. The average molecular weight is 379 g/mol. The Morgan fingerprint density at radius 1 is 1.26 bits per heavy atom. The molecule has 1 aliphatic rings. The highest BCUT2D eigenvalue weighted by molar-refractivity contribution is 5.79. The van der Waals surface area contributed by atoms with Crippen LogP contribution in [-0.2, 0) is 37.4 Å². The van der Waals surface area contributed by atoms with Crippen LogP contribution in [-0.4, -0.2) is 27.1 Å². The molecule has 1 aromatic carbocycles. The number of alkyl halides is 3. The van der Waals surface area contributed by atoms with Crippen LogP contribution in [0.5, 0.6) is 0 Å². The topological polar surface area (TPSA) is 55.2 Å². The standard InChI is InChI=1S/C19H20F3N3O2/c1-12(9-13-3-5-15(6-4-13)19(20,21)22)18(27)25-8-7-16-14(11-25)10-17(26)24(2)23-16/h3-6,10,12H,7-9,11H2,1-2H3/t12-/m1/s1. The zero-order valence-electron chi connectivity index (χ0n) is 15.1. The molecule has 2 heterocycles. The van der Waals surface area contributed by atoms with E-state index >= 15 is 0 Å². The summed E-state index contributed by atoms with van der Waals surface area (Å²) in [6.45, 7) is 2.60. The fourth-order valence-electron chi connectivity index (χ4n) is 3.26. The number of hydrogen-bond acceptors (Lipinski definition) is 3. The zero-order valence-corrected chi connectivity index (χ0v) is 15.1. The summed E-state index contributed by atoms with van der Waals surface area (Å²) in [6.07, 6.45) is -3.44. The Labute approximate surface area is 154 Å². The normalized spacial score (nSPS) is 15.4. The molecule has 0 bridgehead atoms. The van der Waals surface area contributed by atoms with E-state index in [1.54, 1.807) is 18.9 Å². The van der Waals surface area contributed by atoms with Gasteiger partial charge in [-0.2, -0.15) is 18.3 Å². The van der Waals surface area contributed by atoms with Gasteiger partial charge in [0.1, 0.15) is 0 Å². The zero-order chi connectivity index (χ0) is 19.8. The summed E-state index contributed by atoms with van der Waals surface area (Å²) in [6, 6.07) is 6.38. The number of carbonyl (C=O) groups excluding carboxylic acids is 1. The van der Waals surface area contributed by atoms with Gasteiger partial charge in [0.05, 0.1) is 11.3 Å². The second-order valence-electron chi connectivity index (χ2n) is 6.89. The smallest absolute Gasteiger partial charge is 0.338 e. The summed E-state index contributed by atoms with van der Waals surface area (Å²) in [5.74, 6) is -0.455. The van der Waals surface area contributed by atoms with Gasteiger partial charge >= 0.3 is 6.18 Å². The molecule has 27 heavy (non-hydrogen) atoms. The summed E-state index contributed by atoms with van der Waals surface area (Å²) in [4.78, 5) is 26.2. The van der Waals surface area contributed by atoms with Crippen LogP contribution < -0.4 is 5.56 Å². The molecule has 0 aliphatic carbocycles. The van der Waals surface area contributed by atoms with E-state index in [1.165, 1.54) is 22.9 Å². The van der Waals surface area contributed by atoms with Crippen LogP contribution in [0, 0.1) is 5.92 Å². The van der Waals surface area contributed by atoms with Gasteiger partial charge in [-0.15, -0.1) is 0 Å². The highest BCUT2D eigenvalue weighted by Crippen LogP contribution is 2.29. The van der Waals surface area contributed by atoms with Crippen LogP contribution in [0.4, 0.5) is 13.2 Å². The molecule has 0 saturated heterocycles. The van der Waals surface area contributed by atoms with E-state index in [0.29, 0.717) is 31.5 Å². The van der Waals surface area contributed by atoms with Crippen LogP contribution in [0.2, 0.25) is 0 Å². The van der Waals surface area contributed by atoms with Crippen molar-refractivity contribution in [2.45, 2.75) is 32.5 Å². The van der Waals surface area contributed by atoms with Crippen LogP contribution in [0.3, 0.4) is 0 Å². The molecule has 0 spiro atoms. The molecule has 8 heteroatoms.